The fourth-order valence-electron chi connectivity index (χ4n) is 2.11. The predicted molar refractivity (Wildman–Crippen MR) is 64.3 cm³/mol. The second-order valence-corrected chi connectivity index (χ2v) is 10.1. The van der Waals surface area contributed by atoms with Crippen molar-refractivity contribution in [2.24, 2.45) is 0 Å². The van der Waals surface area contributed by atoms with Gasteiger partial charge in [-0.3, -0.25) is 0 Å². The lowest BCUT2D eigenvalue weighted by Crippen LogP contribution is -2.31. The minimum absolute atomic E-state index is 0.000694. The zero-order valence-electron chi connectivity index (χ0n) is 10.1. The summed E-state index contributed by atoms with van der Waals surface area (Å²) in [6.07, 6.45) is 8.52. The number of hydrogen-bond donors (Lipinski definition) is 0. The second kappa shape index (κ2) is 3.94. The van der Waals surface area contributed by atoms with Gasteiger partial charge in [0.1, 0.15) is 11.4 Å². The third-order valence-corrected chi connectivity index (χ3v) is 3.80. The van der Waals surface area contributed by atoms with Crippen LogP contribution in [0.3, 0.4) is 0 Å². The molecule has 2 nitrogen and oxygen atoms in total. The molecule has 0 radical (unpaired) electrons. The summed E-state index contributed by atoms with van der Waals surface area (Å²) < 4.78 is 11.8. The summed E-state index contributed by atoms with van der Waals surface area (Å²) in [6.45, 7) is 7.59. The van der Waals surface area contributed by atoms with Crippen molar-refractivity contribution in [3.8, 4) is 0 Å². The zero-order chi connectivity index (χ0) is 10.9. The van der Waals surface area contributed by atoms with Gasteiger partial charge in [-0.05, 0) is 51.4 Å². The highest BCUT2D eigenvalue weighted by atomic mass is 28.4. The van der Waals surface area contributed by atoms with Gasteiger partial charge in [0.2, 0.25) is 8.32 Å². The Hall–Kier alpha value is -0.283. The molecule has 2 rings (SSSR count). The van der Waals surface area contributed by atoms with Crippen molar-refractivity contribution in [2.75, 3.05) is 6.61 Å². The van der Waals surface area contributed by atoms with Crippen LogP contribution in [0.4, 0.5) is 0 Å². The highest BCUT2D eigenvalue weighted by Gasteiger charge is 2.50. The first-order valence-corrected chi connectivity index (χ1v) is 9.46. The Labute approximate surface area is 93.8 Å². The Morgan fingerprint density at radius 3 is 2.60 bits per heavy atom. The van der Waals surface area contributed by atoms with Gasteiger partial charge in [-0.15, -0.1) is 0 Å². The first-order valence-electron chi connectivity index (χ1n) is 6.06. The molecule has 1 fully saturated rings. The third-order valence-electron chi connectivity index (χ3n) is 2.97. The lowest BCUT2D eigenvalue weighted by molar-refractivity contribution is 0.236. The molecule has 0 aromatic rings. The van der Waals surface area contributed by atoms with E-state index in [-0.39, 0.29) is 5.60 Å². The molecule has 1 saturated heterocycles. The zero-order valence-corrected chi connectivity index (χ0v) is 11.1. The summed E-state index contributed by atoms with van der Waals surface area (Å²) in [5, 5.41) is 0. The molecule has 1 spiro atoms. The number of ether oxygens (including phenoxy) is 1. The van der Waals surface area contributed by atoms with Crippen molar-refractivity contribution in [1.29, 1.82) is 0 Å². The molecule has 0 amide bonds. The number of epoxide rings is 1. The summed E-state index contributed by atoms with van der Waals surface area (Å²) in [7, 11) is -1.48. The van der Waals surface area contributed by atoms with Crippen molar-refractivity contribution in [1.82, 2.24) is 0 Å². The first kappa shape index (κ1) is 11.2. The van der Waals surface area contributed by atoms with Crippen molar-refractivity contribution in [3.63, 3.8) is 0 Å². The fraction of sp³-hybridized carbons (Fsp3) is 0.833. The monoisotopic (exact) mass is 226 g/mol. The van der Waals surface area contributed by atoms with Gasteiger partial charge in [-0.25, -0.2) is 0 Å². The van der Waals surface area contributed by atoms with Crippen LogP contribution in [0, 0.1) is 0 Å². The van der Waals surface area contributed by atoms with E-state index in [1.807, 2.05) is 0 Å². The van der Waals surface area contributed by atoms with E-state index in [4.69, 9.17) is 9.16 Å². The van der Waals surface area contributed by atoms with Crippen molar-refractivity contribution in [3.05, 3.63) is 11.8 Å². The summed E-state index contributed by atoms with van der Waals surface area (Å²) in [5.74, 6) is 1.15. The smallest absolute Gasteiger partial charge is 0.241 e. The van der Waals surface area contributed by atoms with Crippen LogP contribution >= 0.6 is 0 Å². The quantitative estimate of drug-likeness (QED) is 0.531. The van der Waals surface area contributed by atoms with E-state index in [0.29, 0.717) is 0 Å². The van der Waals surface area contributed by atoms with Gasteiger partial charge in [0.25, 0.3) is 0 Å². The first-order chi connectivity index (χ1) is 7.02. The van der Waals surface area contributed by atoms with E-state index in [9.17, 15) is 0 Å². The number of allylic oxidation sites excluding steroid dienone is 1. The molecular formula is C12H22O2Si. The third kappa shape index (κ3) is 2.85. The molecule has 1 atom stereocenters. The molecule has 1 heterocycles. The maximum Gasteiger partial charge on any atom is 0.241 e. The summed E-state index contributed by atoms with van der Waals surface area (Å²) >= 11 is 0. The average molecular weight is 226 g/mol. The highest BCUT2D eigenvalue weighted by Crippen LogP contribution is 2.43. The van der Waals surface area contributed by atoms with Crippen LogP contribution in [0.2, 0.25) is 19.6 Å². The Bertz CT molecular complexity index is 261. The molecule has 0 N–H and O–H groups in total. The molecule has 0 aromatic heterocycles. The topological polar surface area (TPSA) is 21.8 Å². The highest BCUT2D eigenvalue weighted by molar-refractivity contribution is 6.70. The van der Waals surface area contributed by atoms with Crippen LogP contribution in [0.15, 0.2) is 11.8 Å². The van der Waals surface area contributed by atoms with E-state index < -0.39 is 8.32 Å². The maximum atomic E-state index is 6.17. The average Bonchev–Trinajstić information content (AvgIpc) is 2.85. The van der Waals surface area contributed by atoms with E-state index in [2.05, 4.69) is 25.7 Å². The Morgan fingerprint density at radius 2 is 2.00 bits per heavy atom. The van der Waals surface area contributed by atoms with Gasteiger partial charge in [0.15, 0.2) is 0 Å². The van der Waals surface area contributed by atoms with Crippen LogP contribution in [0.25, 0.3) is 0 Å². The molecule has 3 heteroatoms. The van der Waals surface area contributed by atoms with E-state index >= 15 is 0 Å². The van der Waals surface area contributed by atoms with Crippen molar-refractivity contribution in [2.45, 2.75) is 57.3 Å². The number of rotatable bonds is 2. The molecule has 0 aromatic carbocycles. The minimum Gasteiger partial charge on any atom is -0.545 e. The van der Waals surface area contributed by atoms with Gasteiger partial charge in [-0.2, -0.15) is 0 Å². The molecule has 0 bridgehead atoms. The van der Waals surface area contributed by atoms with Crippen LogP contribution in [-0.2, 0) is 9.16 Å². The molecular weight excluding hydrogens is 204 g/mol. The lowest BCUT2D eigenvalue weighted by atomic mass is 9.95. The van der Waals surface area contributed by atoms with E-state index in [0.717, 1.165) is 25.2 Å². The maximum absolute atomic E-state index is 6.17. The second-order valence-electron chi connectivity index (χ2n) is 5.67. The van der Waals surface area contributed by atoms with Gasteiger partial charge in [0.05, 0.1) is 6.61 Å². The SMILES string of the molecule is C[Si](C)(C)O/C1=C/CCCCCC12CO2. The molecule has 2 aliphatic rings. The molecule has 1 aliphatic carbocycles. The van der Waals surface area contributed by atoms with Gasteiger partial charge < -0.3 is 9.16 Å². The Balaban J connectivity index is 2.10. The van der Waals surface area contributed by atoms with Crippen LogP contribution in [-0.4, -0.2) is 20.5 Å². The van der Waals surface area contributed by atoms with Gasteiger partial charge in [-0.1, -0.05) is 6.42 Å². The summed E-state index contributed by atoms with van der Waals surface area (Å²) in [4.78, 5) is 0. The van der Waals surface area contributed by atoms with E-state index in [1.165, 1.54) is 19.3 Å². The van der Waals surface area contributed by atoms with Crippen LogP contribution in [0.5, 0.6) is 0 Å². The molecule has 1 unspecified atom stereocenters. The fourth-order valence-corrected chi connectivity index (χ4v) is 3.04. The molecule has 1 aliphatic heterocycles. The van der Waals surface area contributed by atoms with Gasteiger partial charge in [0, 0.05) is 0 Å². The Kier molecular flexibility index (Phi) is 2.95. The van der Waals surface area contributed by atoms with Crippen LogP contribution < -0.4 is 0 Å². The normalized spacial score (nSPS) is 35.3. The van der Waals surface area contributed by atoms with E-state index in [1.54, 1.807) is 0 Å². The van der Waals surface area contributed by atoms with Gasteiger partial charge >= 0.3 is 0 Å². The standard InChI is InChI=1S/C12H22O2Si/c1-15(2,3)14-11-8-6-4-5-7-9-12(11)10-13-12/h8H,4-7,9-10H2,1-3H3/b11-8+. The van der Waals surface area contributed by atoms with Crippen molar-refractivity contribution >= 4 is 8.32 Å². The summed E-state index contributed by atoms with van der Waals surface area (Å²) in [6, 6.07) is 0. The van der Waals surface area contributed by atoms with Crippen LogP contribution in [0.1, 0.15) is 32.1 Å². The Morgan fingerprint density at radius 1 is 1.27 bits per heavy atom. The molecule has 15 heavy (non-hydrogen) atoms. The lowest BCUT2D eigenvalue weighted by Gasteiger charge is -2.27. The summed E-state index contributed by atoms with van der Waals surface area (Å²) in [5.41, 5.74) is 0.000694. The molecule has 0 saturated carbocycles. The predicted octanol–water partition coefficient (Wildman–Crippen LogP) is 3.45. The largest absolute Gasteiger partial charge is 0.545 e. The molecule has 86 valence electrons. The number of hydrogen-bond acceptors (Lipinski definition) is 2. The van der Waals surface area contributed by atoms with Crippen molar-refractivity contribution < 1.29 is 9.16 Å². The minimum atomic E-state index is -1.48.